The van der Waals surface area contributed by atoms with Crippen LogP contribution in [-0.2, 0) is 4.79 Å². The molecule has 1 aromatic heterocycles. The van der Waals surface area contributed by atoms with Gasteiger partial charge in [0.1, 0.15) is 6.04 Å². The minimum atomic E-state index is -1.02. The fourth-order valence-electron chi connectivity index (χ4n) is 0.722. The predicted molar refractivity (Wildman–Crippen MR) is 51.7 cm³/mol. The molecule has 0 radical (unpaired) electrons. The molecule has 3 N–H and O–H groups in total. The summed E-state index contributed by atoms with van der Waals surface area (Å²) in [7, 11) is 0. The van der Waals surface area contributed by atoms with Crippen molar-refractivity contribution in [1.29, 1.82) is 0 Å². The first-order chi connectivity index (χ1) is 5.13. The normalized spacial score (nSPS) is 11.8. The number of aryl methyl sites for hydroxylation is 1. The minimum absolute atomic E-state index is 0. The molecule has 0 spiro atoms. The Morgan fingerprint density at radius 3 is 2.75 bits per heavy atom. The van der Waals surface area contributed by atoms with Crippen molar-refractivity contribution in [2.75, 3.05) is 0 Å². The number of hydrogen-bond acceptors (Lipinski definition) is 4. The Morgan fingerprint density at radius 2 is 2.42 bits per heavy atom. The first kappa shape index (κ1) is 11.5. The molecule has 0 aliphatic heterocycles. The van der Waals surface area contributed by atoms with E-state index in [4.69, 9.17) is 10.8 Å². The molecule has 0 aliphatic carbocycles. The van der Waals surface area contributed by atoms with Crippen LogP contribution in [0.15, 0.2) is 5.51 Å². The zero-order valence-electron chi connectivity index (χ0n) is 6.35. The maximum Gasteiger partial charge on any atom is 0.326 e. The Morgan fingerprint density at radius 1 is 1.83 bits per heavy atom. The van der Waals surface area contributed by atoms with Crippen LogP contribution in [0.25, 0.3) is 0 Å². The number of carboxylic acids is 1. The van der Waals surface area contributed by atoms with Crippen LogP contribution < -0.4 is 5.73 Å². The lowest BCUT2D eigenvalue weighted by molar-refractivity contribution is -0.138. The first-order valence-corrected chi connectivity index (χ1v) is 3.89. The Kier molecular flexibility index (Phi) is 4.36. The van der Waals surface area contributed by atoms with Crippen LogP contribution in [-0.4, -0.2) is 16.1 Å². The fraction of sp³-hybridized carbons (Fsp3) is 0.333. The summed E-state index contributed by atoms with van der Waals surface area (Å²) in [5.41, 5.74) is 7.64. The molecule has 1 heterocycles. The fourth-order valence-corrected chi connectivity index (χ4v) is 1.52. The average molecular weight is 253 g/mol. The van der Waals surface area contributed by atoms with E-state index in [0.717, 1.165) is 0 Å². The largest absolute Gasteiger partial charge is 0.480 e. The number of aliphatic carboxylic acids is 1. The van der Waals surface area contributed by atoms with Crippen molar-refractivity contribution in [3.8, 4) is 0 Å². The number of carboxylic acid groups (broad SMARTS) is 1. The second-order valence-electron chi connectivity index (χ2n) is 2.12. The monoisotopic (exact) mass is 252 g/mol. The molecule has 6 heteroatoms. The molecule has 1 atom stereocenters. The van der Waals surface area contributed by atoms with Gasteiger partial charge in [0, 0.05) is 0 Å². The van der Waals surface area contributed by atoms with Gasteiger partial charge in [-0.05, 0) is 6.92 Å². The summed E-state index contributed by atoms with van der Waals surface area (Å²) in [5.74, 6) is -1.02. The quantitative estimate of drug-likeness (QED) is 0.827. The molecule has 4 nitrogen and oxygen atoms in total. The first-order valence-electron chi connectivity index (χ1n) is 3.01. The van der Waals surface area contributed by atoms with E-state index in [1.165, 1.54) is 11.3 Å². The summed E-state index contributed by atoms with van der Waals surface area (Å²) in [4.78, 5) is 14.9. The molecular weight excluding hydrogens is 244 g/mol. The zero-order chi connectivity index (χ0) is 8.43. The van der Waals surface area contributed by atoms with E-state index >= 15 is 0 Å². The molecule has 0 fully saturated rings. The number of rotatable bonds is 2. The van der Waals surface area contributed by atoms with Gasteiger partial charge in [-0.15, -0.1) is 28.3 Å². The standard InChI is InChI=1S/C6H8N2O2S.BrH/c1-3-5(11-2-8-3)4(7)6(9)10;/h2,4H,7H2,1H3,(H,9,10);1H. The zero-order valence-corrected chi connectivity index (χ0v) is 8.88. The van der Waals surface area contributed by atoms with E-state index in [2.05, 4.69) is 4.98 Å². The SMILES string of the molecule is Br.Cc1ncsc1C(N)C(=O)O. The Hall–Kier alpha value is -0.460. The van der Waals surface area contributed by atoms with Gasteiger partial charge in [0.05, 0.1) is 16.1 Å². The molecule has 68 valence electrons. The van der Waals surface area contributed by atoms with Crippen LogP contribution in [0.5, 0.6) is 0 Å². The van der Waals surface area contributed by atoms with Crippen LogP contribution in [0.2, 0.25) is 0 Å². The lowest BCUT2D eigenvalue weighted by atomic mass is 10.2. The molecule has 0 saturated carbocycles. The molecule has 0 amide bonds. The molecule has 0 aliphatic rings. The highest BCUT2D eigenvalue weighted by molar-refractivity contribution is 8.93. The van der Waals surface area contributed by atoms with Gasteiger partial charge in [-0.1, -0.05) is 0 Å². The van der Waals surface area contributed by atoms with Gasteiger partial charge in [-0.25, -0.2) is 4.98 Å². The molecule has 0 bridgehead atoms. The van der Waals surface area contributed by atoms with Crippen molar-refractivity contribution < 1.29 is 9.90 Å². The summed E-state index contributed by atoms with van der Waals surface area (Å²) in [6.07, 6.45) is 0. The number of aromatic nitrogens is 1. The lowest BCUT2D eigenvalue weighted by Crippen LogP contribution is -2.20. The maximum atomic E-state index is 10.4. The minimum Gasteiger partial charge on any atom is -0.480 e. The maximum absolute atomic E-state index is 10.4. The summed E-state index contributed by atoms with van der Waals surface area (Å²) < 4.78 is 0. The highest BCUT2D eigenvalue weighted by atomic mass is 79.9. The van der Waals surface area contributed by atoms with Crippen molar-refractivity contribution in [1.82, 2.24) is 4.98 Å². The van der Waals surface area contributed by atoms with E-state index < -0.39 is 12.0 Å². The highest BCUT2D eigenvalue weighted by Crippen LogP contribution is 2.19. The van der Waals surface area contributed by atoms with E-state index in [-0.39, 0.29) is 17.0 Å². The van der Waals surface area contributed by atoms with E-state index in [9.17, 15) is 4.79 Å². The highest BCUT2D eigenvalue weighted by Gasteiger charge is 2.17. The number of hydrogen-bond donors (Lipinski definition) is 2. The van der Waals surface area contributed by atoms with Crippen LogP contribution >= 0.6 is 28.3 Å². The van der Waals surface area contributed by atoms with Gasteiger partial charge in [0.25, 0.3) is 0 Å². The van der Waals surface area contributed by atoms with E-state index in [0.29, 0.717) is 10.6 Å². The van der Waals surface area contributed by atoms with E-state index in [1.54, 1.807) is 12.4 Å². The second-order valence-corrected chi connectivity index (χ2v) is 3.00. The summed E-state index contributed by atoms with van der Waals surface area (Å²) in [6.45, 7) is 1.74. The molecule has 1 aromatic rings. The second kappa shape index (κ2) is 4.54. The van der Waals surface area contributed by atoms with Gasteiger partial charge < -0.3 is 10.8 Å². The Bertz CT molecular complexity index is 276. The third kappa shape index (κ3) is 2.26. The predicted octanol–water partition coefficient (Wildman–Crippen LogP) is 1.11. The molecule has 0 aromatic carbocycles. The van der Waals surface area contributed by atoms with Crippen LogP contribution in [0.1, 0.15) is 16.6 Å². The average Bonchev–Trinajstić information content (AvgIpc) is 2.33. The number of carbonyl (C=O) groups is 1. The molecule has 12 heavy (non-hydrogen) atoms. The summed E-state index contributed by atoms with van der Waals surface area (Å²) >= 11 is 1.27. The van der Waals surface area contributed by atoms with Crippen LogP contribution in [0.4, 0.5) is 0 Å². The smallest absolute Gasteiger partial charge is 0.326 e. The number of nitrogens with zero attached hydrogens (tertiary/aromatic N) is 1. The number of nitrogens with two attached hydrogens (primary N) is 1. The van der Waals surface area contributed by atoms with Crippen molar-refractivity contribution in [3.05, 3.63) is 16.1 Å². The van der Waals surface area contributed by atoms with Crippen molar-refractivity contribution in [2.24, 2.45) is 5.73 Å². The van der Waals surface area contributed by atoms with Gasteiger partial charge in [-0.2, -0.15) is 0 Å². The lowest BCUT2D eigenvalue weighted by Gasteiger charge is -2.02. The molecule has 1 unspecified atom stereocenters. The number of thiazole rings is 1. The number of halogens is 1. The summed E-state index contributed by atoms with van der Waals surface area (Å²) in [6, 6.07) is -0.928. The Balaban J connectivity index is 0.00000121. The van der Waals surface area contributed by atoms with Gasteiger partial charge in [0.15, 0.2) is 0 Å². The van der Waals surface area contributed by atoms with Crippen molar-refractivity contribution in [2.45, 2.75) is 13.0 Å². The molecule has 1 rings (SSSR count). The van der Waals surface area contributed by atoms with Crippen molar-refractivity contribution in [3.63, 3.8) is 0 Å². The molecular formula is C6H9BrN2O2S. The Labute approximate surface area is 84.2 Å². The van der Waals surface area contributed by atoms with Gasteiger partial charge in [-0.3, -0.25) is 4.79 Å². The third-order valence-corrected chi connectivity index (χ3v) is 2.35. The van der Waals surface area contributed by atoms with Crippen LogP contribution in [0, 0.1) is 6.92 Å². The third-order valence-electron chi connectivity index (χ3n) is 1.33. The van der Waals surface area contributed by atoms with E-state index in [1.807, 2.05) is 0 Å². The van der Waals surface area contributed by atoms with Gasteiger partial charge >= 0.3 is 5.97 Å². The van der Waals surface area contributed by atoms with Crippen LogP contribution in [0.3, 0.4) is 0 Å². The van der Waals surface area contributed by atoms with Crippen molar-refractivity contribution >= 4 is 34.3 Å². The topological polar surface area (TPSA) is 76.2 Å². The summed E-state index contributed by atoms with van der Waals surface area (Å²) in [5, 5.41) is 8.53. The van der Waals surface area contributed by atoms with Gasteiger partial charge in [0.2, 0.25) is 0 Å². The molecule has 0 saturated heterocycles.